The molecule has 0 amide bonds. The van der Waals surface area contributed by atoms with Crippen LogP contribution in [0.3, 0.4) is 0 Å². The summed E-state index contributed by atoms with van der Waals surface area (Å²) in [7, 11) is 15.8. The summed E-state index contributed by atoms with van der Waals surface area (Å²) in [4.78, 5) is 0. The summed E-state index contributed by atoms with van der Waals surface area (Å²) in [6.45, 7) is 2.00. The van der Waals surface area contributed by atoms with Gasteiger partial charge in [0.2, 0.25) is 0 Å². The molecule has 0 radical (unpaired) electrons. The van der Waals surface area contributed by atoms with Gasteiger partial charge in [0.05, 0.1) is 69.7 Å². The third-order valence-corrected chi connectivity index (χ3v) is 10.9. The third kappa shape index (κ3) is 6.15. The predicted octanol–water partition coefficient (Wildman–Crippen LogP) is 6.63. The number of rotatable bonds is 9. The van der Waals surface area contributed by atoms with Crippen LogP contribution in [0, 0.1) is 0 Å². The lowest BCUT2D eigenvalue weighted by Crippen LogP contribution is -2.48. The Morgan fingerprint density at radius 3 is 1.25 bits per heavy atom. The van der Waals surface area contributed by atoms with Gasteiger partial charge in [-0.2, -0.15) is 0 Å². The molecule has 48 heavy (non-hydrogen) atoms. The number of hydrogen-bond acceptors (Lipinski definition) is 6. The maximum atomic E-state index is 11.2. The first-order chi connectivity index (χ1) is 22.9. The summed E-state index contributed by atoms with van der Waals surface area (Å²) in [5.74, 6) is 3.26. The highest BCUT2D eigenvalue weighted by Crippen LogP contribution is 2.45. The number of nitrogens with zero attached hydrogens (tertiary/aromatic N) is 2. The van der Waals surface area contributed by atoms with E-state index in [0.717, 1.165) is 81.9 Å². The van der Waals surface area contributed by atoms with Crippen molar-refractivity contribution in [1.29, 1.82) is 0 Å². The molecule has 0 aromatic heterocycles. The SMILES string of the molecule is COc1cc2c(cc1OC)[C@@H](Cc1ccc(O)c(-c3cc(C[C@@H]4c5cc(OC)c(OC)cc5CC[N+]4(C)C)ccc3O)c1)[N+](C)(C)CC2. The van der Waals surface area contributed by atoms with Crippen LogP contribution in [0.15, 0.2) is 60.7 Å². The van der Waals surface area contributed by atoms with Gasteiger partial charge < -0.3 is 38.1 Å². The van der Waals surface area contributed by atoms with Crippen molar-refractivity contribution in [2.75, 3.05) is 69.7 Å². The smallest absolute Gasteiger partial charge is 0.161 e. The summed E-state index contributed by atoms with van der Waals surface area (Å²) < 4.78 is 24.2. The molecule has 8 heteroatoms. The molecule has 254 valence electrons. The number of ether oxygens (including phenoxy) is 4. The first-order valence-corrected chi connectivity index (χ1v) is 16.7. The van der Waals surface area contributed by atoms with Gasteiger partial charge >= 0.3 is 0 Å². The van der Waals surface area contributed by atoms with Crippen molar-refractivity contribution in [3.8, 4) is 45.6 Å². The summed E-state index contributed by atoms with van der Waals surface area (Å²) in [5.41, 5.74) is 8.51. The molecule has 4 aromatic carbocycles. The van der Waals surface area contributed by atoms with Crippen LogP contribution < -0.4 is 18.9 Å². The van der Waals surface area contributed by atoms with Crippen LogP contribution in [0.25, 0.3) is 11.1 Å². The number of phenolic OH excluding ortho intramolecular Hbond substituents is 2. The molecule has 0 bridgehead atoms. The number of hydrogen-bond donors (Lipinski definition) is 2. The van der Waals surface area contributed by atoms with E-state index in [1.54, 1.807) is 40.6 Å². The lowest BCUT2D eigenvalue weighted by Gasteiger charge is -2.43. The Hall–Kier alpha value is -4.40. The van der Waals surface area contributed by atoms with Gasteiger partial charge in [-0.15, -0.1) is 0 Å². The van der Waals surface area contributed by atoms with E-state index in [1.165, 1.54) is 22.3 Å². The van der Waals surface area contributed by atoms with E-state index in [0.29, 0.717) is 11.1 Å². The van der Waals surface area contributed by atoms with E-state index in [2.05, 4.69) is 52.5 Å². The van der Waals surface area contributed by atoms with Crippen LogP contribution in [0.5, 0.6) is 34.5 Å². The molecule has 4 aromatic rings. The normalized spacial score (nSPS) is 19.2. The standard InChI is InChI=1S/C40H48N2O6/c1-41(2)15-13-27-21-37(45-5)39(47-7)23-29(27)33(41)19-25-9-11-35(43)31(17-25)32-18-26(10-12-36(32)44)20-34-30-24-40(48-8)38(46-6)22-28(30)14-16-42(34,3)4/h9-12,17-18,21-24,33-34H,13-16,19-20H2,1-8H3/p+2/t33-,34-/m1/s1. The van der Waals surface area contributed by atoms with Gasteiger partial charge in [0, 0.05) is 47.9 Å². The summed E-state index contributed by atoms with van der Waals surface area (Å²) in [5, 5.41) is 22.3. The zero-order valence-corrected chi connectivity index (χ0v) is 29.6. The van der Waals surface area contributed by atoms with Crippen molar-refractivity contribution >= 4 is 0 Å². The average Bonchev–Trinajstić information content (AvgIpc) is 3.07. The number of quaternary nitrogens is 2. The molecule has 8 nitrogen and oxygen atoms in total. The minimum absolute atomic E-state index is 0.145. The molecule has 0 fully saturated rings. The second kappa shape index (κ2) is 12.9. The third-order valence-electron chi connectivity index (χ3n) is 10.9. The Morgan fingerprint density at radius 1 is 0.542 bits per heavy atom. The van der Waals surface area contributed by atoms with E-state index in [1.807, 2.05) is 24.3 Å². The minimum atomic E-state index is 0.145. The van der Waals surface area contributed by atoms with Gasteiger partial charge in [-0.25, -0.2) is 0 Å². The van der Waals surface area contributed by atoms with E-state index in [4.69, 9.17) is 18.9 Å². The summed E-state index contributed by atoms with van der Waals surface area (Å²) in [6, 6.07) is 20.4. The van der Waals surface area contributed by atoms with Crippen molar-refractivity contribution in [2.45, 2.75) is 37.8 Å². The second-order valence-electron chi connectivity index (χ2n) is 14.5. The van der Waals surface area contributed by atoms with Crippen LogP contribution in [-0.2, 0) is 25.7 Å². The number of phenols is 2. The summed E-state index contributed by atoms with van der Waals surface area (Å²) in [6.07, 6.45) is 3.45. The lowest BCUT2D eigenvalue weighted by atomic mass is 9.85. The fourth-order valence-corrected chi connectivity index (χ4v) is 7.82. The van der Waals surface area contributed by atoms with E-state index in [-0.39, 0.29) is 23.6 Å². The summed E-state index contributed by atoms with van der Waals surface area (Å²) >= 11 is 0. The molecule has 2 aliphatic rings. The van der Waals surface area contributed by atoms with Gasteiger partial charge in [-0.3, -0.25) is 0 Å². The molecular formula is C40H50N2O6+2. The largest absolute Gasteiger partial charge is 0.507 e. The molecule has 0 saturated heterocycles. The van der Waals surface area contributed by atoms with Crippen molar-refractivity contribution in [3.05, 3.63) is 94.0 Å². The van der Waals surface area contributed by atoms with Crippen LogP contribution in [0.2, 0.25) is 0 Å². The fourth-order valence-electron chi connectivity index (χ4n) is 7.82. The molecule has 2 aliphatic heterocycles. The predicted molar refractivity (Wildman–Crippen MR) is 189 cm³/mol. The number of likely N-dealkylation sites (N-methyl/N-ethyl adjacent to an activating group) is 2. The van der Waals surface area contributed by atoms with Gasteiger partial charge in [0.25, 0.3) is 0 Å². The number of aromatic hydroxyl groups is 2. The molecule has 0 unspecified atom stereocenters. The molecule has 0 spiro atoms. The molecule has 2 N–H and O–H groups in total. The lowest BCUT2D eigenvalue weighted by molar-refractivity contribution is -0.923. The highest BCUT2D eigenvalue weighted by molar-refractivity contribution is 5.76. The van der Waals surface area contributed by atoms with Crippen LogP contribution in [0.1, 0.15) is 45.5 Å². The van der Waals surface area contributed by atoms with E-state index >= 15 is 0 Å². The molecule has 0 saturated carbocycles. The van der Waals surface area contributed by atoms with Crippen LogP contribution >= 0.6 is 0 Å². The first kappa shape index (κ1) is 33.5. The van der Waals surface area contributed by atoms with Gasteiger partial charge in [-0.1, -0.05) is 12.1 Å². The highest BCUT2D eigenvalue weighted by Gasteiger charge is 2.38. The fraction of sp³-hybridized carbons (Fsp3) is 0.400. The maximum Gasteiger partial charge on any atom is 0.161 e. The van der Waals surface area contributed by atoms with Crippen molar-refractivity contribution < 1.29 is 38.1 Å². The molecule has 2 atom stereocenters. The Kier molecular flexibility index (Phi) is 9.00. The Balaban J connectivity index is 1.35. The zero-order chi connectivity index (χ0) is 34.4. The first-order valence-electron chi connectivity index (χ1n) is 16.7. The Bertz CT molecular complexity index is 1700. The molecule has 2 heterocycles. The van der Waals surface area contributed by atoms with Gasteiger partial charge in [0.15, 0.2) is 23.0 Å². The van der Waals surface area contributed by atoms with E-state index in [9.17, 15) is 10.2 Å². The molecule has 6 rings (SSSR count). The maximum absolute atomic E-state index is 11.2. The molecule has 0 aliphatic carbocycles. The molecular weight excluding hydrogens is 604 g/mol. The number of methoxy groups -OCH3 is 4. The van der Waals surface area contributed by atoms with Crippen molar-refractivity contribution in [1.82, 2.24) is 0 Å². The monoisotopic (exact) mass is 654 g/mol. The number of benzene rings is 4. The van der Waals surface area contributed by atoms with Crippen molar-refractivity contribution in [3.63, 3.8) is 0 Å². The quantitative estimate of drug-likeness (QED) is 0.197. The van der Waals surface area contributed by atoms with Gasteiger partial charge in [-0.05, 0) is 70.8 Å². The van der Waals surface area contributed by atoms with Crippen LogP contribution in [0.4, 0.5) is 0 Å². The Morgan fingerprint density at radius 2 is 0.896 bits per heavy atom. The highest BCUT2D eigenvalue weighted by atomic mass is 16.5. The van der Waals surface area contributed by atoms with Crippen molar-refractivity contribution in [2.24, 2.45) is 0 Å². The Labute approximate surface area is 284 Å². The van der Waals surface area contributed by atoms with Gasteiger partial charge in [0.1, 0.15) is 23.6 Å². The zero-order valence-electron chi connectivity index (χ0n) is 29.6. The second-order valence-corrected chi connectivity index (χ2v) is 14.5. The minimum Gasteiger partial charge on any atom is -0.507 e. The topological polar surface area (TPSA) is 77.4 Å². The van der Waals surface area contributed by atoms with Crippen LogP contribution in [-0.4, -0.2) is 88.9 Å². The number of fused-ring (bicyclic) bond motifs is 2. The van der Waals surface area contributed by atoms with E-state index < -0.39 is 0 Å². The average molecular weight is 655 g/mol.